The van der Waals surface area contributed by atoms with Gasteiger partial charge in [-0.3, -0.25) is 9.59 Å². The van der Waals surface area contributed by atoms with E-state index in [9.17, 15) is 9.59 Å². The van der Waals surface area contributed by atoms with Gasteiger partial charge in [-0.05, 0) is 44.2 Å². The highest BCUT2D eigenvalue weighted by Gasteiger charge is 2.07. The number of ether oxygens (including phenoxy) is 1. The summed E-state index contributed by atoms with van der Waals surface area (Å²) in [4.78, 5) is 23.2. The Hall–Kier alpha value is -2.27. The summed E-state index contributed by atoms with van der Waals surface area (Å²) in [6, 6.07) is 12.9. The summed E-state index contributed by atoms with van der Waals surface area (Å²) >= 11 is 1.53. The van der Waals surface area contributed by atoms with Crippen LogP contribution in [0.1, 0.15) is 28.4 Å². The highest BCUT2D eigenvalue weighted by molar-refractivity contribution is 7.99. The number of ketones is 1. The van der Waals surface area contributed by atoms with E-state index in [1.165, 1.54) is 24.2 Å². The second-order valence-corrected chi connectivity index (χ2v) is 6.48. The van der Waals surface area contributed by atoms with Crippen molar-refractivity contribution in [2.24, 2.45) is 0 Å². The van der Waals surface area contributed by atoms with E-state index in [0.717, 1.165) is 11.3 Å². The largest absolute Gasteiger partial charge is 0.496 e. The van der Waals surface area contributed by atoms with Crippen LogP contribution in [0.4, 0.5) is 5.69 Å². The molecule has 2 rings (SSSR count). The summed E-state index contributed by atoms with van der Waals surface area (Å²) in [6.45, 7) is 3.55. The van der Waals surface area contributed by atoms with Gasteiger partial charge in [0.1, 0.15) is 5.75 Å². The number of benzene rings is 2. The molecule has 0 saturated carbocycles. The molecule has 4 nitrogen and oxygen atoms in total. The SMILES string of the molecule is COc1ccc(C)cc1CSCC(=O)Nc1ccc(C(C)=O)cc1. The fraction of sp³-hybridized carbons (Fsp3) is 0.263. The van der Waals surface area contributed by atoms with Crippen molar-refractivity contribution in [2.75, 3.05) is 18.2 Å². The van der Waals surface area contributed by atoms with Gasteiger partial charge in [-0.1, -0.05) is 17.7 Å². The molecular weight excluding hydrogens is 322 g/mol. The van der Waals surface area contributed by atoms with Crippen molar-refractivity contribution in [2.45, 2.75) is 19.6 Å². The molecule has 0 heterocycles. The van der Waals surface area contributed by atoms with Gasteiger partial charge in [0.05, 0.1) is 12.9 Å². The molecule has 0 unspecified atom stereocenters. The average Bonchev–Trinajstić information content (AvgIpc) is 2.55. The minimum absolute atomic E-state index is 0.00975. The summed E-state index contributed by atoms with van der Waals surface area (Å²) in [5.74, 6) is 1.85. The maximum Gasteiger partial charge on any atom is 0.234 e. The second-order valence-electron chi connectivity index (χ2n) is 5.49. The molecule has 1 amide bonds. The first-order valence-electron chi connectivity index (χ1n) is 7.61. The van der Waals surface area contributed by atoms with Crippen molar-refractivity contribution < 1.29 is 14.3 Å². The van der Waals surface area contributed by atoms with Crippen molar-refractivity contribution in [3.8, 4) is 5.75 Å². The van der Waals surface area contributed by atoms with Crippen LogP contribution >= 0.6 is 11.8 Å². The van der Waals surface area contributed by atoms with Gasteiger partial charge < -0.3 is 10.1 Å². The van der Waals surface area contributed by atoms with E-state index in [1.807, 2.05) is 19.1 Å². The lowest BCUT2D eigenvalue weighted by Gasteiger charge is -2.09. The van der Waals surface area contributed by atoms with Crippen molar-refractivity contribution in [1.82, 2.24) is 0 Å². The normalized spacial score (nSPS) is 10.3. The zero-order chi connectivity index (χ0) is 17.5. The molecule has 126 valence electrons. The van der Waals surface area contributed by atoms with E-state index < -0.39 is 0 Å². The fourth-order valence-electron chi connectivity index (χ4n) is 2.26. The molecule has 2 aromatic rings. The first-order chi connectivity index (χ1) is 11.5. The first kappa shape index (κ1) is 18.1. The lowest BCUT2D eigenvalue weighted by molar-refractivity contribution is -0.113. The predicted molar refractivity (Wildman–Crippen MR) is 99.0 cm³/mol. The van der Waals surface area contributed by atoms with Gasteiger partial charge in [0.25, 0.3) is 0 Å². The molecule has 24 heavy (non-hydrogen) atoms. The summed E-state index contributed by atoms with van der Waals surface area (Å²) in [6.07, 6.45) is 0. The third-order valence-corrected chi connectivity index (χ3v) is 4.48. The number of hydrogen-bond acceptors (Lipinski definition) is 4. The van der Waals surface area contributed by atoms with E-state index in [0.29, 0.717) is 22.8 Å². The van der Waals surface area contributed by atoms with E-state index in [1.54, 1.807) is 31.4 Å². The fourth-order valence-corrected chi connectivity index (χ4v) is 3.06. The molecule has 1 N–H and O–H groups in total. The summed E-state index contributed by atoms with van der Waals surface area (Å²) in [5.41, 5.74) is 3.58. The second kappa shape index (κ2) is 8.55. The predicted octanol–water partition coefficient (Wildman–Crippen LogP) is 4.08. The van der Waals surface area contributed by atoms with Crippen LogP contribution in [-0.2, 0) is 10.5 Å². The summed E-state index contributed by atoms with van der Waals surface area (Å²) < 4.78 is 5.34. The Bertz CT molecular complexity index is 726. The number of methoxy groups -OCH3 is 1. The van der Waals surface area contributed by atoms with Gasteiger partial charge >= 0.3 is 0 Å². The van der Waals surface area contributed by atoms with Crippen LogP contribution in [0.15, 0.2) is 42.5 Å². The Morgan fingerprint density at radius 1 is 1.12 bits per heavy atom. The number of carbonyl (C=O) groups excluding carboxylic acids is 2. The van der Waals surface area contributed by atoms with E-state index >= 15 is 0 Å². The van der Waals surface area contributed by atoms with E-state index in [-0.39, 0.29) is 11.7 Å². The maximum atomic E-state index is 12.0. The average molecular weight is 343 g/mol. The highest BCUT2D eigenvalue weighted by Crippen LogP contribution is 2.24. The molecule has 0 aliphatic carbocycles. The van der Waals surface area contributed by atoms with Crippen LogP contribution in [0.5, 0.6) is 5.75 Å². The van der Waals surface area contributed by atoms with Crippen molar-refractivity contribution >= 4 is 29.1 Å². The van der Waals surface area contributed by atoms with Gasteiger partial charge in [-0.25, -0.2) is 0 Å². The number of anilines is 1. The van der Waals surface area contributed by atoms with Gasteiger partial charge in [0.2, 0.25) is 5.91 Å². The number of rotatable bonds is 7. The van der Waals surface area contributed by atoms with E-state index in [4.69, 9.17) is 4.74 Å². The summed E-state index contributed by atoms with van der Waals surface area (Å²) in [7, 11) is 1.65. The van der Waals surface area contributed by atoms with Gasteiger partial charge in [-0.2, -0.15) is 0 Å². The first-order valence-corrected chi connectivity index (χ1v) is 8.77. The molecular formula is C19H21NO3S. The third kappa shape index (κ3) is 5.13. The molecule has 0 aliphatic heterocycles. The van der Waals surface area contributed by atoms with Crippen LogP contribution in [-0.4, -0.2) is 24.6 Å². The van der Waals surface area contributed by atoms with Crippen molar-refractivity contribution in [1.29, 1.82) is 0 Å². The third-order valence-electron chi connectivity index (χ3n) is 3.50. The standard InChI is InChI=1S/C19H21NO3S/c1-13-4-9-18(23-3)16(10-13)11-24-12-19(22)20-17-7-5-15(6-8-17)14(2)21/h4-10H,11-12H2,1-3H3,(H,20,22). The zero-order valence-electron chi connectivity index (χ0n) is 14.1. The van der Waals surface area contributed by atoms with Crippen LogP contribution < -0.4 is 10.1 Å². The molecule has 2 aromatic carbocycles. The van der Waals surface area contributed by atoms with Crippen LogP contribution in [0.2, 0.25) is 0 Å². The number of nitrogens with one attached hydrogen (secondary N) is 1. The quantitative estimate of drug-likeness (QED) is 0.770. The molecule has 0 aliphatic rings. The molecule has 0 saturated heterocycles. The maximum absolute atomic E-state index is 12.0. The number of hydrogen-bond donors (Lipinski definition) is 1. The number of thioether (sulfide) groups is 1. The van der Waals surface area contributed by atoms with Crippen molar-refractivity contribution in [3.05, 3.63) is 59.2 Å². The molecule has 0 aromatic heterocycles. The number of aryl methyl sites for hydroxylation is 1. The smallest absolute Gasteiger partial charge is 0.234 e. The summed E-state index contributed by atoms with van der Waals surface area (Å²) in [5, 5.41) is 2.83. The molecule has 0 bridgehead atoms. The monoisotopic (exact) mass is 343 g/mol. The minimum Gasteiger partial charge on any atom is -0.496 e. The Balaban J connectivity index is 1.85. The number of amides is 1. The number of Topliss-reactive ketones (excluding diaryl/α,β-unsaturated/α-hetero) is 1. The van der Waals surface area contributed by atoms with Gasteiger partial charge in [0.15, 0.2) is 5.78 Å². The Labute approximate surface area is 146 Å². The van der Waals surface area contributed by atoms with Crippen LogP contribution in [0.25, 0.3) is 0 Å². The molecule has 0 spiro atoms. The van der Waals surface area contributed by atoms with Crippen LogP contribution in [0.3, 0.4) is 0 Å². The minimum atomic E-state index is -0.0674. The molecule has 0 radical (unpaired) electrons. The lowest BCUT2D eigenvalue weighted by Crippen LogP contribution is -2.14. The van der Waals surface area contributed by atoms with Gasteiger partial charge in [0, 0.05) is 22.6 Å². The zero-order valence-corrected chi connectivity index (χ0v) is 14.9. The lowest BCUT2D eigenvalue weighted by atomic mass is 10.1. The molecule has 0 atom stereocenters. The van der Waals surface area contributed by atoms with Crippen LogP contribution in [0, 0.1) is 6.92 Å². The van der Waals surface area contributed by atoms with E-state index in [2.05, 4.69) is 11.4 Å². The Morgan fingerprint density at radius 2 is 1.83 bits per heavy atom. The Morgan fingerprint density at radius 3 is 2.46 bits per heavy atom. The Kier molecular flexibility index (Phi) is 6.44. The highest BCUT2D eigenvalue weighted by atomic mass is 32.2. The molecule has 5 heteroatoms. The topological polar surface area (TPSA) is 55.4 Å². The molecule has 0 fully saturated rings. The number of carbonyl (C=O) groups is 2. The van der Waals surface area contributed by atoms with Crippen molar-refractivity contribution in [3.63, 3.8) is 0 Å². The van der Waals surface area contributed by atoms with Gasteiger partial charge in [-0.15, -0.1) is 11.8 Å².